The molecule has 1 aliphatic heterocycles. The molecule has 0 aliphatic carbocycles. The van der Waals surface area contributed by atoms with E-state index in [9.17, 15) is 31.4 Å². The highest BCUT2D eigenvalue weighted by atomic mass is 32.2. The molecule has 2 N–H and O–H groups in total. The van der Waals surface area contributed by atoms with Crippen molar-refractivity contribution in [2.24, 2.45) is 0 Å². The molecule has 13 heteroatoms. The van der Waals surface area contributed by atoms with Crippen LogP contribution in [-0.4, -0.2) is 50.7 Å². The summed E-state index contributed by atoms with van der Waals surface area (Å²) in [6.45, 7) is 0.721. The SMILES string of the molecule is [2H]C([2H])([2H])c1cc(F)cc(-c2cccc(C[C@H]3[C@@H](NS(=N)(=O)C(F)(F)F)CCN3C(=O)C(C)(C)OC(C)=O)c2F)c1. The van der Waals surface area contributed by atoms with Gasteiger partial charge in [-0.05, 0) is 62.4 Å². The lowest BCUT2D eigenvalue weighted by Crippen LogP contribution is -2.54. The zero-order valence-electron chi connectivity index (χ0n) is 23.6. The Balaban J connectivity index is 2.06. The standard InChI is InChI=1S/C25H28F5N3O4S/c1-14-10-17(12-18(26)11-14)19-7-5-6-16(22(19)27)13-21-20(32-38(31,36)25(28,29)30)8-9-33(21)23(35)24(3,4)37-15(2)34/h5-7,10-12,20-21H,8-9,13H2,1-4H3,(H2,31,32,36)/t20-,21-,38?/m0/s1/i1D3. The number of likely N-dealkylation sites (tertiary alicyclic amines) is 1. The van der Waals surface area contributed by atoms with Crippen molar-refractivity contribution in [2.45, 2.75) is 63.7 Å². The minimum Gasteiger partial charge on any atom is -0.450 e. The number of hydrogen-bond acceptors (Lipinski definition) is 5. The van der Waals surface area contributed by atoms with Crippen LogP contribution in [0.5, 0.6) is 0 Å². The summed E-state index contributed by atoms with van der Waals surface area (Å²) in [5.74, 6) is -3.49. The van der Waals surface area contributed by atoms with E-state index in [-0.39, 0.29) is 35.2 Å². The van der Waals surface area contributed by atoms with Crippen molar-refractivity contribution in [3.8, 4) is 11.1 Å². The zero-order chi connectivity index (χ0) is 31.1. The fraction of sp³-hybridized carbons (Fsp3) is 0.440. The van der Waals surface area contributed by atoms with E-state index in [1.807, 2.05) is 0 Å². The van der Waals surface area contributed by atoms with Crippen LogP contribution in [0, 0.1) is 23.3 Å². The number of alkyl halides is 3. The molecular weight excluding hydrogens is 533 g/mol. The highest BCUT2D eigenvalue weighted by molar-refractivity contribution is 7.91. The normalized spacial score (nSPS) is 21.3. The van der Waals surface area contributed by atoms with Gasteiger partial charge in [-0.2, -0.15) is 13.2 Å². The summed E-state index contributed by atoms with van der Waals surface area (Å²) in [6, 6.07) is 4.05. The maximum atomic E-state index is 15.8. The third-order valence-electron chi connectivity index (χ3n) is 6.08. The van der Waals surface area contributed by atoms with E-state index in [0.717, 1.165) is 30.0 Å². The van der Waals surface area contributed by atoms with Crippen molar-refractivity contribution >= 4 is 21.8 Å². The van der Waals surface area contributed by atoms with Gasteiger partial charge >= 0.3 is 11.5 Å². The Morgan fingerprint density at radius 1 is 1.24 bits per heavy atom. The molecule has 1 fully saturated rings. The lowest BCUT2D eigenvalue weighted by Gasteiger charge is -2.34. The van der Waals surface area contributed by atoms with Gasteiger partial charge in [0.25, 0.3) is 5.91 Å². The summed E-state index contributed by atoms with van der Waals surface area (Å²) in [6.07, 6.45) is -0.625. The van der Waals surface area contributed by atoms with Crippen molar-refractivity contribution in [2.75, 3.05) is 6.54 Å². The zero-order valence-corrected chi connectivity index (χ0v) is 21.4. The van der Waals surface area contributed by atoms with Crippen molar-refractivity contribution in [1.29, 1.82) is 4.78 Å². The maximum Gasteiger partial charge on any atom is 0.492 e. The lowest BCUT2D eigenvalue weighted by atomic mass is 9.95. The summed E-state index contributed by atoms with van der Waals surface area (Å²) in [5.41, 5.74) is -8.00. The fourth-order valence-corrected chi connectivity index (χ4v) is 5.29. The van der Waals surface area contributed by atoms with Crippen LogP contribution in [0.1, 0.15) is 42.4 Å². The molecular formula is C25H28F5N3O4S. The van der Waals surface area contributed by atoms with Crippen LogP contribution in [0.2, 0.25) is 0 Å². The van der Waals surface area contributed by atoms with Gasteiger partial charge in [0, 0.05) is 29.2 Å². The highest BCUT2D eigenvalue weighted by Gasteiger charge is 2.49. The number of amides is 1. The van der Waals surface area contributed by atoms with Gasteiger partial charge in [0.1, 0.15) is 11.6 Å². The minimum atomic E-state index is -5.44. The molecule has 2 aromatic rings. The van der Waals surface area contributed by atoms with E-state index in [4.69, 9.17) is 13.6 Å². The number of rotatable bonds is 7. The first-order valence-electron chi connectivity index (χ1n) is 12.9. The van der Waals surface area contributed by atoms with E-state index in [2.05, 4.69) is 0 Å². The third kappa shape index (κ3) is 6.32. The lowest BCUT2D eigenvalue weighted by molar-refractivity contribution is -0.169. The van der Waals surface area contributed by atoms with E-state index in [1.54, 1.807) is 4.72 Å². The van der Waals surface area contributed by atoms with Crippen LogP contribution >= 0.6 is 0 Å². The van der Waals surface area contributed by atoms with Gasteiger partial charge in [0.05, 0.1) is 6.04 Å². The average Bonchev–Trinajstić information content (AvgIpc) is 3.18. The number of esters is 1. The predicted molar refractivity (Wildman–Crippen MR) is 130 cm³/mol. The Hall–Kier alpha value is -3.06. The monoisotopic (exact) mass is 564 g/mol. The molecule has 3 rings (SSSR count). The molecule has 1 amide bonds. The molecule has 7 nitrogen and oxygen atoms in total. The van der Waals surface area contributed by atoms with Crippen molar-refractivity contribution in [3.05, 3.63) is 59.2 Å². The number of benzene rings is 2. The molecule has 1 heterocycles. The fourth-order valence-electron chi connectivity index (χ4n) is 4.46. The Labute approximate surface area is 221 Å². The molecule has 0 aromatic heterocycles. The summed E-state index contributed by atoms with van der Waals surface area (Å²) < 4.78 is 119. The maximum absolute atomic E-state index is 15.8. The summed E-state index contributed by atoms with van der Waals surface area (Å²) >= 11 is 0. The van der Waals surface area contributed by atoms with E-state index in [1.165, 1.54) is 32.0 Å². The number of aryl methyl sites for hydroxylation is 1. The number of carbonyl (C=O) groups is 2. The number of carbonyl (C=O) groups excluding carboxylic acids is 2. The number of nitrogens with zero attached hydrogens (tertiary/aromatic N) is 1. The first-order chi connectivity index (χ1) is 18.6. The summed E-state index contributed by atoms with van der Waals surface area (Å²) in [4.78, 5) is 26.0. The minimum absolute atomic E-state index is 0.105. The molecule has 0 bridgehead atoms. The van der Waals surface area contributed by atoms with Gasteiger partial charge in [-0.25, -0.2) is 22.5 Å². The van der Waals surface area contributed by atoms with Crippen LogP contribution in [0.25, 0.3) is 11.1 Å². The predicted octanol–water partition coefficient (Wildman–Crippen LogP) is 4.87. The van der Waals surface area contributed by atoms with Crippen LogP contribution in [-0.2, 0) is 30.7 Å². The number of halogens is 5. The molecule has 1 aliphatic rings. The van der Waals surface area contributed by atoms with Crippen LogP contribution in [0.15, 0.2) is 36.4 Å². The third-order valence-corrected chi connectivity index (χ3v) is 7.37. The largest absolute Gasteiger partial charge is 0.492 e. The molecule has 2 aromatic carbocycles. The topological polar surface area (TPSA) is 99.6 Å². The summed E-state index contributed by atoms with van der Waals surface area (Å²) in [7, 11) is -5.36. The molecule has 208 valence electrons. The van der Waals surface area contributed by atoms with E-state index < -0.39 is 69.9 Å². The van der Waals surface area contributed by atoms with Gasteiger partial charge in [-0.3, -0.25) is 9.59 Å². The Morgan fingerprint density at radius 2 is 1.92 bits per heavy atom. The second kappa shape index (κ2) is 10.6. The van der Waals surface area contributed by atoms with Gasteiger partial charge in [-0.15, -0.1) is 0 Å². The average molecular weight is 565 g/mol. The van der Waals surface area contributed by atoms with Gasteiger partial charge in [0.2, 0.25) is 9.92 Å². The number of nitrogens with one attached hydrogen (secondary N) is 2. The molecule has 0 spiro atoms. The van der Waals surface area contributed by atoms with Crippen LogP contribution in [0.4, 0.5) is 22.0 Å². The molecule has 0 saturated carbocycles. The Kier molecular flexibility index (Phi) is 7.04. The van der Waals surface area contributed by atoms with E-state index in [0.29, 0.717) is 0 Å². The second-order valence-corrected chi connectivity index (χ2v) is 11.2. The molecule has 1 unspecified atom stereocenters. The second-order valence-electron chi connectivity index (χ2n) is 9.40. The molecule has 38 heavy (non-hydrogen) atoms. The highest BCUT2D eigenvalue weighted by Crippen LogP contribution is 2.32. The summed E-state index contributed by atoms with van der Waals surface area (Å²) in [5, 5.41) is 0. The molecule has 3 atom stereocenters. The van der Waals surface area contributed by atoms with Crippen LogP contribution in [0.3, 0.4) is 0 Å². The number of hydrogen-bond donors (Lipinski definition) is 2. The van der Waals surface area contributed by atoms with Gasteiger partial charge in [0.15, 0.2) is 5.60 Å². The van der Waals surface area contributed by atoms with E-state index >= 15 is 4.39 Å². The van der Waals surface area contributed by atoms with Crippen molar-refractivity contribution in [1.82, 2.24) is 9.62 Å². The first-order valence-corrected chi connectivity index (χ1v) is 12.9. The van der Waals surface area contributed by atoms with Crippen molar-refractivity contribution < 1.29 is 44.6 Å². The van der Waals surface area contributed by atoms with Gasteiger partial charge < -0.3 is 9.64 Å². The van der Waals surface area contributed by atoms with Crippen molar-refractivity contribution in [3.63, 3.8) is 0 Å². The molecule has 0 radical (unpaired) electrons. The Morgan fingerprint density at radius 3 is 2.53 bits per heavy atom. The first kappa shape index (κ1) is 25.2. The smallest absolute Gasteiger partial charge is 0.450 e. The van der Waals surface area contributed by atoms with Crippen LogP contribution < -0.4 is 4.72 Å². The molecule has 1 saturated heterocycles. The quantitative estimate of drug-likeness (QED) is 0.371. The number of ether oxygens (including phenoxy) is 1. The Bertz CT molecular complexity index is 1450. The van der Waals surface area contributed by atoms with Gasteiger partial charge in [-0.1, -0.05) is 24.3 Å².